The van der Waals surface area contributed by atoms with Crippen molar-refractivity contribution in [2.24, 2.45) is 10.8 Å². The number of imidazole rings is 1. The van der Waals surface area contributed by atoms with Gasteiger partial charge >= 0.3 is 5.97 Å². The molecule has 2 aromatic heterocycles. The summed E-state index contributed by atoms with van der Waals surface area (Å²) in [6.45, 7) is 8.14. The fourth-order valence-corrected chi connectivity index (χ4v) is 4.34. The van der Waals surface area contributed by atoms with Gasteiger partial charge in [0.25, 0.3) is 5.91 Å². The van der Waals surface area contributed by atoms with Gasteiger partial charge in [0.05, 0.1) is 17.7 Å². The number of rotatable bonds is 3. The Kier molecular flexibility index (Phi) is 3.12. The van der Waals surface area contributed by atoms with Gasteiger partial charge < -0.3 is 14.5 Å². The molecule has 1 aliphatic carbocycles. The van der Waals surface area contributed by atoms with Crippen molar-refractivity contribution in [3.63, 3.8) is 0 Å². The van der Waals surface area contributed by atoms with E-state index in [-0.39, 0.29) is 11.9 Å². The molecule has 0 spiro atoms. The number of hydrogen-bond donors (Lipinski definition) is 1. The third-order valence-electron chi connectivity index (χ3n) is 6.63. The Morgan fingerprint density at radius 2 is 2.08 bits per heavy atom. The van der Waals surface area contributed by atoms with Gasteiger partial charge in [0, 0.05) is 17.3 Å². The molecule has 0 unspecified atom stereocenters. The highest BCUT2D eigenvalue weighted by molar-refractivity contribution is 5.96. The SMILES string of the molecule is Cc1cccc2nc(CNC(=O)[C@@]34CC[C@@](C)(C(=O)O3)C4(C)C)cn12. The number of nitrogens with one attached hydrogen (secondary N) is 1. The first-order valence-electron chi connectivity index (χ1n) is 8.67. The van der Waals surface area contributed by atoms with Crippen LogP contribution in [0.1, 0.15) is 45.0 Å². The van der Waals surface area contributed by atoms with Gasteiger partial charge in [-0.25, -0.2) is 4.98 Å². The number of fused-ring (bicyclic) bond motifs is 3. The van der Waals surface area contributed by atoms with Gasteiger partial charge in [-0.2, -0.15) is 0 Å². The summed E-state index contributed by atoms with van der Waals surface area (Å²) in [5, 5.41) is 2.94. The summed E-state index contributed by atoms with van der Waals surface area (Å²) in [5.41, 5.74) is 0.513. The summed E-state index contributed by atoms with van der Waals surface area (Å²) in [6, 6.07) is 5.90. The van der Waals surface area contributed by atoms with Crippen LogP contribution in [0.2, 0.25) is 0 Å². The quantitative estimate of drug-likeness (QED) is 0.870. The molecule has 6 nitrogen and oxygen atoms in total. The zero-order chi connectivity index (χ0) is 18.0. The number of aryl methyl sites for hydroxylation is 1. The second-order valence-corrected chi connectivity index (χ2v) is 7.98. The molecule has 0 aromatic carbocycles. The first-order chi connectivity index (χ1) is 11.7. The van der Waals surface area contributed by atoms with Crippen molar-refractivity contribution in [3.05, 3.63) is 35.8 Å². The molecule has 2 aliphatic rings. The molecule has 1 saturated carbocycles. The number of amides is 1. The molecule has 2 aromatic rings. The molecule has 1 saturated heterocycles. The summed E-state index contributed by atoms with van der Waals surface area (Å²) >= 11 is 0. The third-order valence-corrected chi connectivity index (χ3v) is 6.63. The van der Waals surface area contributed by atoms with Gasteiger partial charge in [0.15, 0.2) is 5.60 Å². The number of nitrogens with zero attached hydrogens (tertiary/aromatic N) is 2. The van der Waals surface area contributed by atoms with Crippen LogP contribution in [0.25, 0.3) is 5.65 Å². The highest BCUT2D eigenvalue weighted by atomic mass is 16.6. The molecule has 0 radical (unpaired) electrons. The van der Waals surface area contributed by atoms with E-state index in [0.29, 0.717) is 19.4 Å². The molecule has 4 rings (SSSR count). The van der Waals surface area contributed by atoms with Gasteiger partial charge in [0.1, 0.15) is 5.65 Å². The molecule has 132 valence electrons. The van der Waals surface area contributed by atoms with Crippen molar-refractivity contribution in [2.75, 3.05) is 0 Å². The van der Waals surface area contributed by atoms with Crippen molar-refractivity contribution in [3.8, 4) is 0 Å². The normalized spacial score (nSPS) is 29.8. The molecular weight excluding hydrogens is 318 g/mol. The average molecular weight is 341 g/mol. The van der Waals surface area contributed by atoms with Crippen LogP contribution in [0.5, 0.6) is 0 Å². The minimum atomic E-state index is -1.08. The molecule has 1 aliphatic heterocycles. The Morgan fingerprint density at radius 3 is 2.68 bits per heavy atom. The minimum Gasteiger partial charge on any atom is -0.448 e. The smallest absolute Gasteiger partial charge is 0.313 e. The second-order valence-electron chi connectivity index (χ2n) is 7.98. The number of ether oxygens (including phenoxy) is 1. The predicted octanol–water partition coefficient (Wildman–Crippen LogP) is 2.38. The first-order valence-corrected chi connectivity index (χ1v) is 8.67. The van der Waals surface area contributed by atoms with Crippen molar-refractivity contribution in [1.29, 1.82) is 0 Å². The van der Waals surface area contributed by atoms with Crippen LogP contribution in [0.4, 0.5) is 0 Å². The van der Waals surface area contributed by atoms with Crippen molar-refractivity contribution >= 4 is 17.5 Å². The van der Waals surface area contributed by atoms with Crippen LogP contribution in [0.15, 0.2) is 24.4 Å². The lowest BCUT2D eigenvalue weighted by molar-refractivity contribution is -0.168. The maximum atomic E-state index is 13.0. The zero-order valence-electron chi connectivity index (χ0n) is 15.0. The van der Waals surface area contributed by atoms with E-state index in [1.165, 1.54) is 0 Å². The zero-order valence-corrected chi connectivity index (χ0v) is 15.0. The number of carbonyl (C=O) groups is 2. The van der Waals surface area contributed by atoms with Gasteiger partial charge in [-0.1, -0.05) is 19.9 Å². The summed E-state index contributed by atoms with van der Waals surface area (Å²) in [5.74, 6) is -0.483. The number of hydrogen-bond acceptors (Lipinski definition) is 4. The molecule has 1 amide bonds. The van der Waals surface area contributed by atoms with Crippen LogP contribution < -0.4 is 5.32 Å². The van der Waals surface area contributed by atoms with Crippen LogP contribution in [0.3, 0.4) is 0 Å². The third kappa shape index (κ3) is 1.88. The van der Waals surface area contributed by atoms with Gasteiger partial charge in [-0.05, 0) is 38.8 Å². The molecule has 6 heteroatoms. The fraction of sp³-hybridized carbons (Fsp3) is 0.526. The Hall–Kier alpha value is -2.37. The molecule has 25 heavy (non-hydrogen) atoms. The van der Waals surface area contributed by atoms with E-state index in [4.69, 9.17) is 4.74 Å². The highest BCUT2D eigenvalue weighted by Gasteiger charge is 2.75. The average Bonchev–Trinajstić information content (AvgIpc) is 3.11. The number of pyridine rings is 1. The molecule has 1 N–H and O–H groups in total. The highest BCUT2D eigenvalue weighted by Crippen LogP contribution is 2.65. The molecular formula is C19H23N3O3. The molecule has 3 heterocycles. The van der Waals surface area contributed by atoms with E-state index in [1.54, 1.807) is 0 Å². The van der Waals surface area contributed by atoms with Gasteiger partial charge in [-0.3, -0.25) is 9.59 Å². The monoisotopic (exact) mass is 341 g/mol. The Morgan fingerprint density at radius 1 is 1.32 bits per heavy atom. The van der Waals surface area contributed by atoms with E-state index in [0.717, 1.165) is 17.0 Å². The lowest BCUT2D eigenvalue weighted by Crippen LogP contribution is -2.53. The van der Waals surface area contributed by atoms with E-state index in [1.807, 2.05) is 56.5 Å². The first kappa shape index (κ1) is 16.1. The Bertz CT molecular complexity index is 900. The van der Waals surface area contributed by atoms with Crippen LogP contribution >= 0.6 is 0 Å². The lowest BCUT2D eigenvalue weighted by atomic mass is 9.66. The maximum Gasteiger partial charge on any atom is 0.313 e. The molecule has 2 atom stereocenters. The number of carbonyl (C=O) groups excluding carboxylic acids is 2. The summed E-state index contributed by atoms with van der Waals surface area (Å²) < 4.78 is 7.61. The standard InChI is InChI=1S/C19H23N3O3/c1-12-6-5-7-14-21-13(11-22(12)14)10-20-15(23)19-9-8-18(4,16(24)25-19)17(19,2)3/h5-7,11H,8-10H2,1-4H3,(H,20,23)/t18-,19+/m0/s1. The summed E-state index contributed by atoms with van der Waals surface area (Å²) in [6.07, 6.45) is 3.17. The predicted molar refractivity (Wildman–Crippen MR) is 91.7 cm³/mol. The van der Waals surface area contributed by atoms with Crippen LogP contribution in [-0.4, -0.2) is 26.9 Å². The Labute approximate surface area is 146 Å². The topological polar surface area (TPSA) is 72.7 Å². The van der Waals surface area contributed by atoms with Crippen molar-refractivity contribution < 1.29 is 14.3 Å². The van der Waals surface area contributed by atoms with Crippen LogP contribution in [-0.2, 0) is 20.9 Å². The molecule has 2 bridgehead atoms. The lowest BCUT2D eigenvalue weighted by Gasteiger charge is -2.35. The van der Waals surface area contributed by atoms with E-state index in [9.17, 15) is 9.59 Å². The Balaban J connectivity index is 1.56. The van der Waals surface area contributed by atoms with Crippen molar-refractivity contribution in [1.82, 2.24) is 14.7 Å². The van der Waals surface area contributed by atoms with E-state index >= 15 is 0 Å². The summed E-state index contributed by atoms with van der Waals surface area (Å²) in [4.78, 5) is 29.8. The van der Waals surface area contributed by atoms with Crippen molar-refractivity contribution in [2.45, 2.75) is 52.7 Å². The van der Waals surface area contributed by atoms with E-state index < -0.39 is 16.4 Å². The minimum absolute atomic E-state index is 0.221. The largest absolute Gasteiger partial charge is 0.448 e. The number of aromatic nitrogens is 2. The number of esters is 1. The second kappa shape index (κ2) is 4.84. The van der Waals surface area contributed by atoms with E-state index in [2.05, 4.69) is 10.3 Å². The fourth-order valence-electron chi connectivity index (χ4n) is 4.34. The maximum absolute atomic E-state index is 13.0. The molecule has 2 fully saturated rings. The van der Waals surface area contributed by atoms with Crippen LogP contribution in [0, 0.1) is 17.8 Å². The summed E-state index contributed by atoms with van der Waals surface area (Å²) in [7, 11) is 0. The van der Waals surface area contributed by atoms with Gasteiger partial charge in [-0.15, -0.1) is 0 Å². The van der Waals surface area contributed by atoms with Gasteiger partial charge in [0.2, 0.25) is 0 Å².